The Morgan fingerprint density at radius 3 is 2.62 bits per heavy atom. The molecule has 0 saturated heterocycles. The quantitative estimate of drug-likeness (QED) is 0.649. The van der Waals surface area contributed by atoms with E-state index < -0.39 is 11.7 Å². The van der Waals surface area contributed by atoms with Gasteiger partial charge in [0.15, 0.2) is 0 Å². The van der Waals surface area contributed by atoms with Gasteiger partial charge in [-0.25, -0.2) is 4.98 Å². The second-order valence-corrected chi connectivity index (χ2v) is 7.08. The Bertz CT molecular complexity index is 1050. The maximum atomic E-state index is 12.9. The molecule has 1 aliphatic rings. The van der Waals surface area contributed by atoms with Gasteiger partial charge in [0.25, 0.3) is 0 Å². The molecule has 4 nitrogen and oxygen atoms in total. The number of aromatic nitrogens is 2. The highest BCUT2D eigenvalue weighted by molar-refractivity contribution is 5.61. The minimum absolute atomic E-state index is 0.0341. The van der Waals surface area contributed by atoms with E-state index in [1.54, 1.807) is 0 Å². The van der Waals surface area contributed by atoms with Gasteiger partial charge in [-0.2, -0.15) is 18.4 Å². The summed E-state index contributed by atoms with van der Waals surface area (Å²) in [7, 11) is 0. The van der Waals surface area contributed by atoms with Crippen molar-refractivity contribution < 1.29 is 13.2 Å². The van der Waals surface area contributed by atoms with Crippen LogP contribution in [0.5, 0.6) is 0 Å². The molecule has 29 heavy (non-hydrogen) atoms. The average molecular weight is 396 g/mol. The van der Waals surface area contributed by atoms with Crippen LogP contribution in [0.3, 0.4) is 0 Å². The zero-order valence-electron chi connectivity index (χ0n) is 15.7. The molecule has 0 fully saturated rings. The fraction of sp³-hybridized carbons (Fsp3) is 0.273. The summed E-state index contributed by atoms with van der Waals surface area (Å²) in [5, 5.41) is 9.35. The summed E-state index contributed by atoms with van der Waals surface area (Å²) in [6, 6.07) is 15.5. The molecule has 4 rings (SSSR count). The van der Waals surface area contributed by atoms with Crippen molar-refractivity contribution in [2.75, 3.05) is 11.4 Å². The number of nitriles is 1. The second-order valence-electron chi connectivity index (χ2n) is 7.08. The van der Waals surface area contributed by atoms with Gasteiger partial charge in [0, 0.05) is 25.2 Å². The van der Waals surface area contributed by atoms with Crippen LogP contribution in [0.2, 0.25) is 0 Å². The topological polar surface area (TPSA) is 44.9 Å². The highest BCUT2D eigenvalue weighted by Gasteiger charge is 2.32. The molecular formula is C22H19F3N4. The van der Waals surface area contributed by atoms with Gasteiger partial charge in [0.1, 0.15) is 6.07 Å². The molecule has 0 N–H and O–H groups in total. The van der Waals surface area contributed by atoms with E-state index in [0.717, 1.165) is 42.9 Å². The number of halogens is 3. The molecule has 0 saturated carbocycles. The molecule has 0 unspecified atom stereocenters. The fourth-order valence-corrected chi connectivity index (χ4v) is 3.74. The van der Waals surface area contributed by atoms with Gasteiger partial charge in [-0.1, -0.05) is 30.3 Å². The third-order valence-corrected chi connectivity index (χ3v) is 5.26. The molecule has 0 aliphatic carbocycles. The van der Waals surface area contributed by atoms with Crippen molar-refractivity contribution in [3.05, 3.63) is 82.9 Å². The molecule has 0 radical (unpaired) electrons. The SMILES string of the molecule is N#Cc1cc(C(F)(F)F)ccc1N1CCc2c(ncn2CCc2ccccc2)C1. The number of hydrogen-bond donors (Lipinski definition) is 0. The number of alkyl halides is 3. The number of hydrogen-bond acceptors (Lipinski definition) is 3. The maximum Gasteiger partial charge on any atom is 0.416 e. The van der Waals surface area contributed by atoms with Crippen molar-refractivity contribution in [2.45, 2.75) is 32.1 Å². The molecule has 0 amide bonds. The standard InChI is InChI=1S/C22H19F3N4/c23-22(24,25)18-6-7-20(17(12-18)13-26)28-11-9-21-19(14-28)27-15-29(21)10-8-16-4-2-1-3-5-16/h1-7,12,15H,8-11,14H2. The van der Waals surface area contributed by atoms with E-state index >= 15 is 0 Å². The van der Waals surface area contributed by atoms with Crippen molar-refractivity contribution in [3.63, 3.8) is 0 Å². The Morgan fingerprint density at radius 1 is 1.10 bits per heavy atom. The van der Waals surface area contributed by atoms with Crippen molar-refractivity contribution in [3.8, 4) is 6.07 Å². The third-order valence-electron chi connectivity index (χ3n) is 5.26. The molecule has 1 aromatic heterocycles. The Morgan fingerprint density at radius 2 is 1.90 bits per heavy atom. The van der Waals surface area contributed by atoms with Crippen LogP contribution in [0, 0.1) is 11.3 Å². The highest BCUT2D eigenvalue weighted by Crippen LogP contribution is 2.34. The summed E-state index contributed by atoms with van der Waals surface area (Å²) in [5.41, 5.74) is 3.07. The Labute approximate surface area is 166 Å². The normalized spacial score (nSPS) is 13.8. The van der Waals surface area contributed by atoms with Gasteiger partial charge in [-0.05, 0) is 30.2 Å². The predicted octanol–water partition coefficient (Wildman–Crippen LogP) is 4.58. The van der Waals surface area contributed by atoms with Gasteiger partial charge in [-0.3, -0.25) is 0 Å². The van der Waals surface area contributed by atoms with Crippen molar-refractivity contribution in [1.82, 2.24) is 9.55 Å². The first kappa shape index (κ1) is 19.1. The summed E-state index contributed by atoms with van der Waals surface area (Å²) < 4.78 is 41.0. The molecule has 0 atom stereocenters. The molecule has 7 heteroatoms. The third kappa shape index (κ3) is 3.97. The minimum atomic E-state index is -4.46. The van der Waals surface area contributed by atoms with E-state index in [-0.39, 0.29) is 5.56 Å². The zero-order chi connectivity index (χ0) is 20.4. The number of imidazole rings is 1. The fourth-order valence-electron chi connectivity index (χ4n) is 3.74. The second kappa shape index (κ2) is 7.63. The summed E-state index contributed by atoms with van der Waals surface area (Å²) in [6.45, 7) is 1.94. The molecule has 0 spiro atoms. The lowest BCUT2D eigenvalue weighted by atomic mass is 10.0. The Hall–Kier alpha value is -3.27. The van der Waals surface area contributed by atoms with Crippen LogP contribution in [-0.4, -0.2) is 16.1 Å². The van der Waals surface area contributed by atoms with Crippen molar-refractivity contribution >= 4 is 5.69 Å². The Balaban J connectivity index is 1.51. The van der Waals surface area contributed by atoms with E-state index in [9.17, 15) is 18.4 Å². The summed E-state index contributed by atoms with van der Waals surface area (Å²) >= 11 is 0. The lowest BCUT2D eigenvalue weighted by molar-refractivity contribution is -0.137. The summed E-state index contributed by atoms with van der Waals surface area (Å²) in [5.74, 6) is 0. The first-order valence-electron chi connectivity index (χ1n) is 9.39. The monoisotopic (exact) mass is 396 g/mol. The molecule has 148 valence electrons. The molecular weight excluding hydrogens is 377 g/mol. The van der Waals surface area contributed by atoms with Crippen LogP contribution < -0.4 is 4.90 Å². The number of benzene rings is 2. The summed E-state index contributed by atoms with van der Waals surface area (Å²) in [6.07, 6.45) is -0.993. The van der Waals surface area contributed by atoms with Crippen LogP contribution >= 0.6 is 0 Å². The summed E-state index contributed by atoms with van der Waals surface area (Å²) in [4.78, 5) is 6.44. The van der Waals surface area contributed by atoms with Gasteiger partial charge in [-0.15, -0.1) is 0 Å². The Kier molecular flexibility index (Phi) is 5.01. The smallest absolute Gasteiger partial charge is 0.364 e. The van der Waals surface area contributed by atoms with E-state index in [2.05, 4.69) is 21.7 Å². The number of nitrogens with zero attached hydrogens (tertiary/aromatic N) is 4. The van der Waals surface area contributed by atoms with Crippen molar-refractivity contribution in [2.24, 2.45) is 0 Å². The van der Waals surface area contributed by atoms with Crippen LogP contribution in [-0.2, 0) is 32.1 Å². The first-order chi connectivity index (χ1) is 14.0. The molecule has 3 aromatic rings. The number of rotatable bonds is 4. The lowest BCUT2D eigenvalue weighted by Gasteiger charge is -2.30. The maximum absolute atomic E-state index is 12.9. The first-order valence-corrected chi connectivity index (χ1v) is 9.39. The largest absolute Gasteiger partial charge is 0.416 e. The van der Waals surface area contributed by atoms with Gasteiger partial charge in [0.2, 0.25) is 0 Å². The van der Waals surface area contributed by atoms with Gasteiger partial charge < -0.3 is 9.47 Å². The van der Waals surface area contributed by atoms with Crippen LogP contribution in [0.15, 0.2) is 54.9 Å². The van der Waals surface area contributed by atoms with Gasteiger partial charge in [0.05, 0.1) is 35.4 Å². The van der Waals surface area contributed by atoms with Crippen LogP contribution in [0.25, 0.3) is 0 Å². The molecule has 2 heterocycles. The predicted molar refractivity (Wildman–Crippen MR) is 103 cm³/mol. The van der Waals surface area contributed by atoms with E-state index in [0.29, 0.717) is 18.8 Å². The van der Waals surface area contributed by atoms with E-state index in [1.165, 1.54) is 11.6 Å². The molecule has 1 aliphatic heterocycles. The van der Waals surface area contributed by atoms with E-state index in [4.69, 9.17) is 0 Å². The number of fused-ring (bicyclic) bond motifs is 1. The number of anilines is 1. The van der Waals surface area contributed by atoms with Crippen molar-refractivity contribution in [1.29, 1.82) is 5.26 Å². The number of aryl methyl sites for hydroxylation is 2. The van der Waals surface area contributed by atoms with Crippen LogP contribution in [0.1, 0.15) is 28.1 Å². The average Bonchev–Trinajstić information content (AvgIpc) is 3.14. The van der Waals surface area contributed by atoms with E-state index in [1.807, 2.05) is 35.5 Å². The molecule has 0 bridgehead atoms. The zero-order valence-corrected chi connectivity index (χ0v) is 15.7. The molecule has 2 aromatic carbocycles. The minimum Gasteiger partial charge on any atom is -0.364 e. The highest BCUT2D eigenvalue weighted by atomic mass is 19.4. The van der Waals surface area contributed by atoms with Gasteiger partial charge >= 0.3 is 6.18 Å². The lowest BCUT2D eigenvalue weighted by Crippen LogP contribution is -2.32. The van der Waals surface area contributed by atoms with Crippen LogP contribution in [0.4, 0.5) is 18.9 Å².